The molecule has 0 aliphatic rings. The van der Waals surface area contributed by atoms with Gasteiger partial charge >= 0.3 is 0 Å². The van der Waals surface area contributed by atoms with Crippen molar-refractivity contribution in [3.05, 3.63) is 53.8 Å². The maximum Gasteiger partial charge on any atom is 0.118 e. The average molecular weight is 261 g/mol. The lowest BCUT2D eigenvalue weighted by Crippen LogP contribution is -2.07. The predicted molar refractivity (Wildman–Crippen MR) is 79.2 cm³/mol. The summed E-state index contributed by atoms with van der Waals surface area (Å²) in [6, 6.07) is 7.89. The number of rotatable bonds is 7. The lowest BCUT2D eigenvalue weighted by Gasteiger charge is -2.12. The molecule has 0 aliphatic heterocycles. The van der Waals surface area contributed by atoms with E-state index in [1.807, 2.05) is 56.4 Å². The summed E-state index contributed by atoms with van der Waals surface area (Å²) in [5.74, 6) is 0.860. The lowest BCUT2D eigenvalue weighted by molar-refractivity contribution is 0.143. The number of methoxy groups -OCH3 is 1. The van der Waals surface area contributed by atoms with Crippen molar-refractivity contribution in [3.8, 4) is 5.75 Å². The van der Waals surface area contributed by atoms with Crippen molar-refractivity contribution >= 4 is 0 Å². The molecule has 0 N–H and O–H groups in total. The molecule has 19 heavy (non-hydrogen) atoms. The van der Waals surface area contributed by atoms with Gasteiger partial charge in [0.25, 0.3) is 0 Å². The summed E-state index contributed by atoms with van der Waals surface area (Å²) in [5, 5.41) is 0. The molecule has 3 nitrogen and oxygen atoms in total. The zero-order valence-electron chi connectivity index (χ0n) is 12.3. The van der Waals surface area contributed by atoms with Crippen LogP contribution < -0.4 is 4.74 Å². The molecule has 0 bridgehead atoms. The Morgan fingerprint density at radius 1 is 1.26 bits per heavy atom. The van der Waals surface area contributed by atoms with Gasteiger partial charge in [-0.05, 0) is 30.2 Å². The van der Waals surface area contributed by atoms with E-state index in [0.29, 0.717) is 13.2 Å². The summed E-state index contributed by atoms with van der Waals surface area (Å²) in [6.07, 6.45) is 2.04. The van der Waals surface area contributed by atoms with Crippen molar-refractivity contribution in [2.75, 3.05) is 27.8 Å². The molecule has 1 aromatic rings. The third-order valence-corrected chi connectivity index (χ3v) is 2.65. The first-order valence-corrected chi connectivity index (χ1v) is 6.26. The molecule has 0 saturated heterocycles. The van der Waals surface area contributed by atoms with E-state index in [9.17, 15) is 0 Å². The molecule has 1 rings (SSSR count). The second-order valence-electron chi connectivity index (χ2n) is 4.74. The van der Waals surface area contributed by atoms with Gasteiger partial charge in [0.1, 0.15) is 5.75 Å². The molecular weight excluding hydrogens is 238 g/mol. The van der Waals surface area contributed by atoms with E-state index < -0.39 is 0 Å². The quantitative estimate of drug-likeness (QED) is 0.703. The number of ether oxygens (including phenoxy) is 2. The Balaban J connectivity index is 2.49. The third-order valence-electron chi connectivity index (χ3n) is 2.65. The largest absolute Gasteiger partial charge is 0.497 e. The van der Waals surface area contributed by atoms with Gasteiger partial charge in [0.15, 0.2) is 0 Å². The molecule has 0 fully saturated rings. The van der Waals surface area contributed by atoms with Crippen LogP contribution in [-0.2, 0) is 11.3 Å². The van der Waals surface area contributed by atoms with Crippen LogP contribution in [0.4, 0.5) is 0 Å². The molecule has 0 heterocycles. The minimum absolute atomic E-state index is 0.569. The van der Waals surface area contributed by atoms with Gasteiger partial charge in [0, 0.05) is 20.3 Å². The maximum atomic E-state index is 5.72. The number of hydrogen-bond acceptors (Lipinski definition) is 3. The summed E-state index contributed by atoms with van der Waals surface area (Å²) in [5.41, 5.74) is 3.27. The van der Waals surface area contributed by atoms with Gasteiger partial charge in [0.05, 0.1) is 20.3 Å². The normalized spacial score (nSPS) is 11.3. The first kappa shape index (κ1) is 15.3. The van der Waals surface area contributed by atoms with Gasteiger partial charge in [-0.3, -0.25) is 0 Å². The monoisotopic (exact) mass is 261 g/mol. The van der Waals surface area contributed by atoms with Crippen LogP contribution in [0, 0.1) is 0 Å². The Kier molecular flexibility index (Phi) is 6.16. The maximum absolute atomic E-state index is 5.72. The van der Waals surface area contributed by atoms with Gasteiger partial charge in [-0.15, -0.1) is 0 Å². The zero-order valence-corrected chi connectivity index (χ0v) is 12.3. The topological polar surface area (TPSA) is 21.7 Å². The van der Waals surface area contributed by atoms with E-state index in [2.05, 4.69) is 6.58 Å². The predicted octanol–water partition coefficient (Wildman–Crippen LogP) is 3.23. The smallest absolute Gasteiger partial charge is 0.118 e. The van der Waals surface area contributed by atoms with E-state index in [-0.39, 0.29) is 0 Å². The first-order chi connectivity index (χ1) is 9.02. The third kappa shape index (κ3) is 5.62. The second-order valence-corrected chi connectivity index (χ2v) is 4.74. The lowest BCUT2D eigenvalue weighted by atomic mass is 10.1. The van der Waals surface area contributed by atoms with E-state index >= 15 is 0 Å². The van der Waals surface area contributed by atoms with Crippen LogP contribution in [0.15, 0.2) is 48.2 Å². The van der Waals surface area contributed by atoms with Gasteiger partial charge in [-0.1, -0.05) is 24.3 Å². The standard InChI is InChI=1S/C16H23NO2/c1-13(2)15(10-17(3)4)12-19-11-14-6-8-16(18-5)9-7-14/h6-10H,1,11-12H2,2-5H3/b15-10-. The van der Waals surface area contributed by atoms with Crippen molar-refractivity contribution in [2.24, 2.45) is 0 Å². The van der Waals surface area contributed by atoms with Crippen molar-refractivity contribution in [1.82, 2.24) is 4.90 Å². The van der Waals surface area contributed by atoms with E-state index in [1.165, 1.54) is 0 Å². The summed E-state index contributed by atoms with van der Waals surface area (Å²) in [7, 11) is 5.65. The van der Waals surface area contributed by atoms with Crippen LogP contribution in [-0.4, -0.2) is 32.7 Å². The van der Waals surface area contributed by atoms with E-state index in [4.69, 9.17) is 9.47 Å². The SMILES string of the molecule is C=C(C)/C(=C\N(C)C)COCc1ccc(OC)cc1. The van der Waals surface area contributed by atoms with Crippen molar-refractivity contribution < 1.29 is 9.47 Å². The molecule has 0 unspecified atom stereocenters. The van der Waals surface area contributed by atoms with Crippen LogP contribution in [0.3, 0.4) is 0 Å². The molecule has 0 saturated carbocycles. The number of nitrogens with zero attached hydrogens (tertiary/aromatic N) is 1. The van der Waals surface area contributed by atoms with Crippen LogP contribution >= 0.6 is 0 Å². The van der Waals surface area contributed by atoms with Crippen molar-refractivity contribution in [1.29, 1.82) is 0 Å². The van der Waals surface area contributed by atoms with Crippen molar-refractivity contribution in [2.45, 2.75) is 13.5 Å². The highest BCUT2D eigenvalue weighted by Crippen LogP contribution is 2.13. The summed E-state index contributed by atoms with van der Waals surface area (Å²) in [4.78, 5) is 2.00. The summed E-state index contributed by atoms with van der Waals surface area (Å²) >= 11 is 0. The molecule has 104 valence electrons. The Bertz CT molecular complexity index is 433. The second kappa shape index (κ2) is 7.64. The van der Waals surface area contributed by atoms with Gasteiger partial charge in [0.2, 0.25) is 0 Å². The fourth-order valence-electron chi connectivity index (χ4n) is 1.58. The molecule has 1 aromatic carbocycles. The molecule has 0 amide bonds. The van der Waals surface area contributed by atoms with Gasteiger partial charge in [-0.2, -0.15) is 0 Å². The average Bonchev–Trinajstić information content (AvgIpc) is 2.37. The van der Waals surface area contributed by atoms with Crippen LogP contribution in [0.2, 0.25) is 0 Å². The van der Waals surface area contributed by atoms with Crippen LogP contribution in [0.1, 0.15) is 12.5 Å². The highest BCUT2D eigenvalue weighted by atomic mass is 16.5. The van der Waals surface area contributed by atoms with Gasteiger partial charge in [-0.25, -0.2) is 0 Å². The van der Waals surface area contributed by atoms with Gasteiger partial charge < -0.3 is 14.4 Å². The molecule has 0 aliphatic carbocycles. The fraction of sp³-hybridized carbons (Fsp3) is 0.375. The summed E-state index contributed by atoms with van der Waals surface area (Å²) in [6.45, 7) is 7.11. The molecule has 0 aromatic heterocycles. The van der Waals surface area contributed by atoms with Crippen molar-refractivity contribution in [3.63, 3.8) is 0 Å². The fourth-order valence-corrected chi connectivity index (χ4v) is 1.58. The van der Waals surface area contributed by atoms with Crippen LogP contribution in [0.25, 0.3) is 0 Å². The summed E-state index contributed by atoms with van der Waals surface area (Å²) < 4.78 is 10.8. The molecule has 0 radical (unpaired) electrons. The molecule has 0 atom stereocenters. The minimum Gasteiger partial charge on any atom is -0.497 e. The zero-order chi connectivity index (χ0) is 14.3. The Morgan fingerprint density at radius 3 is 2.37 bits per heavy atom. The number of benzene rings is 1. The van der Waals surface area contributed by atoms with E-state index in [0.717, 1.165) is 22.5 Å². The molecular formula is C16H23NO2. The Hall–Kier alpha value is -1.74. The number of hydrogen-bond donors (Lipinski definition) is 0. The first-order valence-electron chi connectivity index (χ1n) is 6.26. The highest BCUT2D eigenvalue weighted by Gasteiger charge is 2.01. The molecule has 3 heteroatoms. The van der Waals surface area contributed by atoms with E-state index in [1.54, 1.807) is 7.11 Å². The highest BCUT2D eigenvalue weighted by molar-refractivity contribution is 5.28. The Labute approximate surface area is 116 Å². The minimum atomic E-state index is 0.569. The molecule has 0 spiro atoms. The Morgan fingerprint density at radius 2 is 1.89 bits per heavy atom. The van der Waals surface area contributed by atoms with Crippen LogP contribution in [0.5, 0.6) is 5.75 Å².